The van der Waals surface area contributed by atoms with Crippen LogP contribution in [0.5, 0.6) is 0 Å². The van der Waals surface area contributed by atoms with E-state index in [0.29, 0.717) is 18.8 Å². The van der Waals surface area contributed by atoms with Crippen molar-refractivity contribution in [1.82, 2.24) is 9.80 Å². The lowest BCUT2D eigenvalue weighted by molar-refractivity contribution is -0.136. The molecule has 0 spiro atoms. The molecule has 0 bridgehead atoms. The van der Waals surface area contributed by atoms with E-state index in [1.54, 1.807) is 11.0 Å². The zero-order valence-corrected chi connectivity index (χ0v) is 14.9. The summed E-state index contributed by atoms with van der Waals surface area (Å²) < 4.78 is 13.5. The molecule has 1 saturated carbocycles. The Morgan fingerprint density at radius 1 is 1.42 bits per heavy atom. The van der Waals surface area contributed by atoms with Crippen molar-refractivity contribution < 1.29 is 14.0 Å². The summed E-state index contributed by atoms with van der Waals surface area (Å²) in [5, 5.41) is -0.168. The van der Waals surface area contributed by atoms with Crippen molar-refractivity contribution in [3.8, 4) is 0 Å². The fourth-order valence-electron chi connectivity index (χ4n) is 3.04. The van der Waals surface area contributed by atoms with Gasteiger partial charge in [-0.25, -0.2) is 4.39 Å². The molecule has 3 rings (SSSR count). The summed E-state index contributed by atoms with van der Waals surface area (Å²) >= 11 is 1.51. The summed E-state index contributed by atoms with van der Waals surface area (Å²) in [6.45, 7) is 5.03. The van der Waals surface area contributed by atoms with Crippen molar-refractivity contribution >= 4 is 23.6 Å². The van der Waals surface area contributed by atoms with Crippen molar-refractivity contribution in [2.75, 3.05) is 18.8 Å². The third-order valence-electron chi connectivity index (χ3n) is 4.52. The topological polar surface area (TPSA) is 40.6 Å². The summed E-state index contributed by atoms with van der Waals surface area (Å²) in [5.41, 5.74) is 0.801. The number of carbonyl (C=O) groups is 2. The van der Waals surface area contributed by atoms with Crippen LogP contribution in [-0.4, -0.2) is 46.5 Å². The molecule has 6 heteroatoms. The number of rotatable bonds is 6. The molecule has 2 aliphatic rings. The normalized spacial score (nSPS) is 20.8. The number of amides is 2. The predicted octanol–water partition coefficient (Wildman–Crippen LogP) is 3.05. The van der Waals surface area contributed by atoms with Gasteiger partial charge >= 0.3 is 0 Å². The van der Waals surface area contributed by atoms with Crippen LogP contribution in [0.25, 0.3) is 0 Å². The lowest BCUT2D eigenvalue weighted by Crippen LogP contribution is -2.44. The van der Waals surface area contributed by atoms with E-state index < -0.39 is 0 Å². The van der Waals surface area contributed by atoms with Crippen LogP contribution >= 0.6 is 11.8 Å². The van der Waals surface area contributed by atoms with Gasteiger partial charge in [-0.15, -0.1) is 11.8 Å². The largest absolute Gasteiger partial charge is 0.338 e. The van der Waals surface area contributed by atoms with E-state index >= 15 is 0 Å². The van der Waals surface area contributed by atoms with Crippen LogP contribution in [0.15, 0.2) is 24.3 Å². The summed E-state index contributed by atoms with van der Waals surface area (Å²) in [5.74, 6) is 0.540. The maximum atomic E-state index is 13.5. The van der Waals surface area contributed by atoms with Gasteiger partial charge in [0.2, 0.25) is 11.8 Å². The number of hydrogen-bond acceptors (Lipinski definition) is 3. The number of thioether (sulfide) groups is 1. The second-order valence-electron chi connectivity index (χ2n) is 6.71. The smallest absolute Gasteiger partial charge is 0.233 e. The Labute approximate surface area is 146 Å². The van der Waals surface area contributed by atoms with Crippen LogP contribution in [0.4, 0.5) is 4.39 Å². The van der Waals surface area contributed by atoms with E-state index in [-0.39, 0.29) is 35.0 Å². The van der Waals surface area contributed by atoms with E-state index in [0.717, 1.165) is 18.4 Å². The van der Waals surface area contributed by atoms with Crippen molar-refractivity contribution in [2.24, 2.45) is 5.92 Å². The fraction of sp³-hybridized carbons (Fsp3) is 0.556. The van der Waals surface area contributed by atoms with Gasteiger partial charge < -0.3 is 9.80 Å². The first kappa shape index (κ1) is 17.3. The second-order valence-corrected chi connectivity index (χ2v) is 7.77. The quantitative estimate of drug-likeness (QED) is 0.792. The molecule has 0 radical (unpaired) electrons. The molecule has 1 heterocycles. The average Bonchev–Trinajstić information content (AvgIpc) is 3.32. The minimum absolute atomic E-state index is 0.0526. The number of halogens is 1. The van der Waals surface area contributed by atoms with Gasteiger partial charge in [0, 0.05) is 25.0 Å². The van der Waals surface area contributed by atoms with Crippen LogP contribution in [-0.2, 0) is 9.59 Å². The molecule has 1 aromatic carbocycles. The van der Waals surface area contributed by atoms with Crippen molar-refractivity contribution in [3.63, 3.8) is 0 Å². The lowest BCUT2D eigenvalue weighted by atomic mass is 10.2. The minimum Gasteiger partial charge on any atom is -0.338 e. The van der Waals surface area contributed by atoms with Crippen molar-refractivity contribution in [2.45, 2.75) is 38.1 Å². The Bertz CT molecular complexity index is 633. The fourth-order valence-corrected chi connectivity index (χ4v) is 4.24. The Morgan fingerprint density at radius 3 is 2.79 bits per heavy atom. The molecule has 1 aliphatic heterocycles. The molecule has 1 saturated heterocycles. The summed E-state index contributed by atoms with van der Waals surface area (Å²) in [6, 6.07) is 6.53. The van der Waals surface area contributed by atoms with Gasteiger partial charge in [-0.3, -0.25) is 9.59 Å². The number of benzene rings is 1. The van der Waals surface area contributed by atoms with Crippen LogP contribution in [0.1, 0.15) is 37.6 Å². The summed E-state index contributed by atoms with van der Waals surface area (Å²) in [6.07, 6.45) is 1.96. The molecular formula is C18H23FN2O2S. The average molecular weight is 350 g/mol. The second kappa shape index (κ2) is 7.13. The number of carbonyl (C=O) groups excluding carboxylic acids is 2. The molecule has 4 nitrogen and oxygen atoms in total. The van der Waals surface area contributed by atoms with Crippen molar-refractivity contribution in [1.29, 1.82) is 0 Å². The van der Waals surface area contributed by atoms with Crippen LogP contribution in [0, 0.1) is 11.7 Å². The molecule has 0 aromatic heterocycles. The molecule has 1 aromatic rings. The zero-order valence-electron chi connectivity index (χ0n) is 14.1. The Kier molecular flexibility index (Phi) is 5.13. The van der Waals surface area contributed by atoms with E-state index in [4.69, 9.17) is 0 Å². The minimum atomic E-state index is -0.292. The van der Waals surface area contributed by atoms with E-state index in [1.165, 1.54) is 23.9 Å². The van der Waals surface area contributed by atoms with E-state index in [9.17, 15) is 14.0 Å². The molecule has 24 heavy (non-hydrogen) atoms. The Morgan fingerprint density at radius 2 is 2.17 bits per heavy atom. The SMILES string of the molecule is CC(C)N(CCN1C(=O)CSC1c1cccc(F)c1)C(=O)C1CC1. The first-order valence-corrected chi connectivity index (χ1v) is 9.49. The molecule has 1 unspecified atom stereocenters. The zero-order chi connectivity index (χ0) is 17.3. The molecular weight excluding hydrogens is 327 g/mol. The maximum Gasteiger partial charge on any atom is 0.233 e. The van der Waals surface area contributed by atoms with Gasteiger partial charge in [0.25, 0.3) is 0 Å². The number of nitrogens with zero attached hydrogens (tertiary/aromatic N) is 2. The highest BCUT2D eigenvalue weighted by molar-refractivity contribution is 8.00. The Balaban J connectivity index is 1.69. The molecule has 1 atom stereocenters. The highest BCUT2D eigenvalue weighted by Gasteiger charge is 2.36. The predicted molar refractivity (Wildman–Crippen MR) is 92.9 cm³/mol. The van der Waals surface area contributed by atoms with E-state index in [2.05, 4.69) is 0 Å². The first-order chi connectivity index (χ1) is 11.5. The summed E-state index contributed by atoms with van der Waals surface area (Å²) in [7, 11) is 0. The van der Waals surface area contributed by atoms with Gasteiger partial charge in [-0.05, 0) is 44.4 Å². The molecule has 0 N–H and O–H groups in total. The van der Waals surface area contributed by atoms with Crippen LogP contribution in [0.2, 0.25) is 0 Å². The first-order valence-electron chi connectivity index (χ1n) is 8.44. The third-order valence-corrected chi connectivity index (χ3v) is 5.77. The number of hydrogen-bond donors (Lipinski definition) is 0. The van der Waals surface area contributed by atoms with Gasteiger partial charge in [0.15, 0.2) is 0 Å². The molecule has 2 fully saturated rings. The van der Waals surface area contributed by atoms with Gasteiger partial charge in [-0.2, -0.15) is 0 Å². The van der Waals surface area contributed by atoms with E-state index in [1.807, 2.05) is 24.8 Å². The molecule has 130 valence electrons. The molecule has 1 aliphatic carbocycles. The van der Waals surface area contributed by atoms with Gasteiger partial charge in [0.05, 0.1) is 5.75 Å². The lowest BCUT2D eigenvalue weighted by Gasteiger charge is -2.31. The highest BCUT2D eigenvalue weighted by atomic mass is 32.2. The van der Waals surface area contributed by atoms with Crippen LogP contribution in [0.3, 0.4) is 0 Å². The van der Waals surface area contributed by atoms with Gasteiger partial charge in [-0.1, -0.05) is 12.1 Å². The monoisotopic (exact) mass is 350 g/mol. The maximum absolute atomic E-state index is 13.5. The Hall–Kier alpha value is -1.56. The third kappa shape index (κ3) is 3.74. The highest BCUT2D eigenvalue weighted by Crippen LogP contribution is 2.38. The molecule has 2 amide bonds. The summed E-state index contributed by atoms with van der Waals surface area (Å²) in [4.78, 5) is 28.3. The van der Waals surface area contributed by atoms with Crippen molar-refractivity contribution in [3.05, 3.63) is 35.6 Å². The van der Waals surface area contributed by atoms with Crippen LogP contribution < -0.4 is 0 Å². The standard InChI is InChI=1S/C18H23FN2O2S/c1-12(2)20(17(23)13-6-7-13)8-9-21-16(22)11-24-18(21)14-4-3-5-15(19)10-14/h3-5,10,12-13,18H,6-9,11H2,1-2H3. The van der Waals surface area contributed by atoms with Gasteiger partial charge in [0.1, 0.15) is 11.2 Å².